The van der Waals surface area contributed by atoms with Crippen LogP contribution in [0.25, 0.3) is 0 Å². The Labute approximate surface area is 129 Å². The molecule has 0 radical (unpaired) electrons. The summed E-state index contributed by atoms with van der Waals surface area (Å²) in [5, 5.41) is 3.48. The van der Waals surface area contributed by atoms with Gasteiger partial charge in [-0.3, -0.25) is 4.98 Å². The number of ether oxygens (including phenoxy) is 1. The molecule has 2 rings (SSSR count). The third kappa shape index (κ3) is 4.19. The van der Waals surface area contributed by atoms with Gasteiger partial charge in [0.25, 0.3) is 0 Å². The summed E-state index contributed by atoms with van der Waals surface area (Å²) in [4.78, 5) is 4.58. The van der Waals surface area contributed by atoms with E-state index in [1.165, 1.54) is 44.9 Å². The van der Waals surface area contributed by atoms with Gasteiger partial charge in [0.15, 0.2) is 0 Å². The van der Waals surface area contributed by atoms with E-state index in [0.29, 0.717) is 12.0 Å². The standard InChI is InChI=1S/C18H30N2O/c1-4-5-7-14-9-11-15(12-10-14)17(19-2)18-16(21-3)8-6-13-20-18/h6,8,13-15,17,19H,4-5,7,9-12H2,1-3H3. The van der Waals surface area contributed by atoms with E-state index in [9.17, 15) is 0 Å². The molecule has 0 bridgehead atoms. The van der Waals surface area contributed by atoms with Crippen LogP contribution in [-0.2, 0) is 0 Å². The van der Waals surface area contributed by atoms with Gasteiger partial charge in [-0.05, 0) is 43.9 Å². The molecule has 0 spiro atoms. The topological polar surface area (TPSA) is 34.2 Å². The van der Waals surface area contributed by atoms with Crippen molar-refractivity contribution in [3.05, 3.63) is 24.0 Å². The summed E-state index contributed by atoms with van der Waals surface area (Å²) in [5.41, 5.74) is 1.07. The molecular weight excluding hydrogens is 260 g/mol. The quantitative estimate of drug-likeness (QED) is 0.810. The van der Waals surface area contributed by atoms with Gasteiger partial charge in [0.2, 0.25) is 0 Å². The normalized spacial score (nSPS) is 23.8. The molecule has 1 heterocycles. The SMILES string of the molecule is CCCCC1CCC(C(NC)c2ncccc2OC)CC1. The Morgan fingerprint density at radius 2 is 2.10 bits per heavy atom. The summed E-state index contributed by atoms with van der Waals surface area (Å²) >= 11 is 0. The van der Waals surface area contributed by atoms with Crippen LogP contribution < -0.4 is 10.1 Å². The highest BCUT2D eigenvalue weighted by Gasteiger charge is 2.29. The second-order valence-corrected chi connectivity index (χ2v) is 6.28. The van der Waals surface area contributed by atoms with Crippen LogP contribution in [0.2, 0.25) is 0 Å². The van der Waals surface area contributed by atoms with Crippen molar-refractivity contribution < 1.29 is 4.74 Å². The second-order valence-electron chi connectivity index (χ2n) is 6.28. The molecule has 21 heavy (non-hydrogen) atoms. The van der Waals surface area contributed by atoms with Crippen LogP contribution in [0.4, 0.5) is 0 Å². The zero-order chi connectivity index (χ0) is 15.1. The minimum Gasteiger partial charge on any atom is -0.495 e. The number of aromatic nitrogens is 1. The van der Waals surface area contributed by atoms with Gasteiger partial charge in [-0.1, -0.05) is 39.0 Å². The minimum absolute atomic E-state index is 0.313. The smallest absolute Gasteiger partial charge is 0.141 e. The number of nitrogens with one attached hydrogen (secondary N) is 1. The predicted octanol–water partition coefficient (Wildman–Crippen LogP) is 4.35. The number of nitrogens with zero attached hydrogens (tertiary/aromatic N) is 1. The first-order valence-corrected chi connectivity index (χ1v) is 8.46. The fraction of sp³-hybridized carbons (Fsp3) is 0.722. The van der Waals surface area contributed by atoms with Gasteiger partial charge in [0.05, 0.1) is 18.8 Å². The van der Waals surface area contributed by atoms with Crippen LogP contribution in [0.5, 0.6) is 5.75 Å². The zero-order valence-electron chi connectivity index (χ0n) is 13.8. The molecule has 1 unspecified atom stereocenters. The van der Waals surface area contributed by atoms with Gasteiger partial charge in [-0.15, -0.1) is 0 Å². The maximum absolute atomic E-state index is 5.49. The third-order valence-corrected chi connectivity index (χ3v) is 4.95. The molecule has 3 nitrogen and oxygen atoms in total. The first kappa shape index (κ1) is 16.3. The van der Waals surface area contributed by atoms with Gasteiger partial charge in [-0.25, -0.2) is 0 Å². The Morgan fingerprint density at radius 1 is 1.33 bits per heavy atom. The van der Waals surface area contributed by atoms with Gasteiger partial charge < -0.3 is 10.1 Å². The first-order chi connectivity index (χ1) is 10.3. The number of methoxy groups -OCH3 is 1. The molecule has 1 aromatic heterocycles. The second kappa shape index (κ2) is 8.38. The molecule has 1 aliphatic rings. The fourth-order valence-electron chi connectivity index (χ4n) is 3.71. The molecular formula is C18H30N2O. The Morgan fingerprint density at radius 3 is 2.71 bits per heavy atom. The van der Waals surface area contributed by atoms with E-state index >= 15 is 0 Å². The molecule has 1 saturated carbocycles. The van der Waals surface area contributed by atoms with E-state index in [-0.39, 0.29) is 0 Å². The van der Waals surface area contributed by atoms with Crippen LogP contribution in [-0.4, -0.2) is 19.1 Å². The van der Waals surface area contributed by atoms with Crippen LogP contribution in [0, 0.1) is 11.8 Å². The van der Waals surface area contributed by atoms with Crippen molar-refractivity contribution in [1.29, 1.82) is 0 Å². The fourth-order valence-corrected chi connectivity index (χ4v) is 3.71. The monoisotopic (exact) mass is 290 g/mol. The van der Waals surface area contributed by atoms with Gasteiger partial charge in [0, 0.05) is 6.20 Å². The lowest BCUT2D eigenvalue weighted by atomic mass is 9.76. The van der Waals surface area contributed by atoms with Crippen LogP contribution in [0.1, 0.15) is 63.6 Å². The molecule has 1 aliphatic carbocycles. The zero-order valence-corrected chi connectivity index (χ0v) is 13.8. The molecule has 1 N–H and O–H groups in total. The Bertz CT molecular complexity index is 413. The molecule has 3 heteroatoms. The molecule has 1 aromatic rings. The Kier molecular flexibility index (Phi) is 6.50. The maximum atomic E-state index is 5.49. The summed E-state index contributed by atoms with van der Waals surface area (Å²) < 4.78 is 5.49. The highest BCUT2D eigenvalue weighted by molar-refractivity contribution is 5.30. The lowest BCUT2D eigenvalue weighted by Gasteiger charge is -2.34. The van der Waals surface area contributed by atoms with E-state index in [4.69, 9.17) is 4.74 Å². The van der Waals surface area contributed by atoms with E-state index in [0.717, 1.165) is 17.4 Å². The molecule has 0 amide bonds. The number of hydrogen-bond donors (Lipinski definition) is 1. The molecule has 118 valence electrons. The molecule has 1 atom stereocenters. The van der Waals surface area contributed by atoms with Crippen molar-refractivity contribution in [3.63, 3.8) is 0 Å². The van der Waals surface area contributed by atoms with Crippen molar-refractivity contribution in [2.45, 2.75) is 57.9 Å². The van der Waals surface area contributed by atoms with Crippen LogP contribution in [0.15, 0.2) is 18.3 Å². The van der Waals surface area contributed by atoms with Crippen molar-refractivity contribution in [3.8, 4) is 5.75 Å². The van der Waals surface area contributed by atoms with E-state index in [2.05, 4.69) is 17.2 Å². The molecule has 0 aromatic carbocycles. The lowest BCUT2D eigenvalue weighted by molar-refractivity contribution is 0.213. The van der Waals surface area contributed by atoms with E-state index in [1.807, 2.05) is 25.4 Å². The van der Waals surface area contributed by atoms with Crippen molar-refractivity contribution in [1.82, 2.24) is 10.3 Å². The summed E-state index contributed by atoms with van der Waals surface area (Å²) in [5.74, 6) is 2.53. The molecule has 0 saturated heterocycles. The van der Waals surface area contributed by atoms with Crippen molar-refractivity contribution in [2.24, 2.45) is 11.8 Å². The highest BCUT2D eigenvalue weighted by Crippen LogP contribution is 2.39. The molecule has 0 aliphatic heterocycles. The lowest BCUT2D eigenvalue weighted by Crippen LogP contribution is -2.29. The van der Waals surface area contributed by atoms with E-state index in [1.54, 1.807) is 7.11 Å². The van der Waals surface area contributed by atoms with Crippen LogP contribution in [0.3, 0.4) is 0 Å². The number of unbranched alkanes of at least 4 members (excludes halogenated alkanes) is 1. The minimum atomic E-state index is 0.313. The van der Waals surface area contributed by atoms with Gasteiger partial charge >= 0.3 is 0 Å². The van der Waals surface area contributed by atoms with Crippen LogP contribution >= 0.6 is 0 Å². The number of rotatable bonds is 7. The Balaban J connectivity index is 1.99. The van der Waals surface area contributed by atoms with Gasteiger partial charge in [-0.2, -0.15) is 0 Å². The van der Waals surface area contributed by atoms with Gasteiger partial charge in [0.1, 0.15) is 5.75 Å². The first-order valence-electron chi connectivity index (χ1n) is 8.46. The summed E-state index contributed by atoms with van der Waals surface area (Å²) in [7, 11) is 3.77. The number of hydrogen-bond acceptors (Lipinski definition) is 3. The predicted molar refractivity (Wildman–Crippen MR) is 87.6 cm³/mol. The summed E-state index contributed by atoms with van der Waals surface area (Å²) in [6.07, 6.45) is 11.4. The number of pyridine rings is 1. The maximum Gasteiger partial charge on any atom is 0.141 e. The summed E-state index contributed by atoms with van der Waals surface area (Å²) in [6, 6.07) is 4.27. The average Bonchev–Trinajstić information content (AvgIpc) is 2.55. The Hall–Kier alpha value is -1.09. The van der Waals surface area contributed by atoms with E-state index < -0.39 is 0 Å². The molecule has 1 fully saturated rings. The largest absolute Gasteiger partial charge is 0.495 e. The van der Waals surface area contributed by atoms with Crippen molar-refractivity contribution >= 4 is 0 Å². The average molecular weight is 290 g/mol. The third-order valence-electron chi connectivity index (χ3n) is 4.95. The highest BCUT2D eigenvalue weighted by atomic mass is 16.5. The van der Waals surface area contributed by atoms with Crippen molar-refractivity contribution in [2.75, 3.05) is 14.2 Å². The summed E-state index contributed by atoms with van der Waals surface area (Å²) in [6.45, 7) is 2.29.